The van der Waals surface area contributed by atoms with Crippen LogP contribution in [0.2, 0.25) is 0 Å². The number of hydrogen-bond donors (Lipinski definition) is 1. The minimum Gasteiger partial charge on any atom is -0.366 e. The molecule has 8 heteroatoms. The third kappa shape index (κ3) is 3.70. The first kappa shape index (κ1) is 14.3. The molecule has 0 saturated carbocycles. The fourth-order valence-corrected chi connectivity index (χ4v) is 1.94. The number of alkyl halides is 3. The highest BCUT2D eigenvalue weighted by molar-refractivity contribution is 8.00. The molecule has 0 spiro atoms. The molecule has 2 aromatic rings. The van der Waals surface area contributed by atoms with E-state index in [4.69, 9.17) is 5.73 Å². The van der Waals surface area contributed by atoms with Crippen molar-refractivity contribution in [1.82, 2.24) is 9.97 Å². The van der Waals surface area contributed by atoms with Crippen molar-refractivity contribution in [2.24, 2.45) is 5.73 Å². The van der Waals surface area contributed by atoms with Gasteiger partial charge in [-0.25, -0.2) is 4.98 Å². The van der Waals surface area contributed by atoms with E-state index in [0.29, 0.717) is 11.1 Å². The van der Waals surface area contributed by atoms with Crippen LogP contribution in [0, 0.1) is 0 Å². The van der Waals surface area contributed by atoms with E-state index in [0.717, 1.165) is 0 Å². The zero-order chi connectivity index (χ0) is 14.8. The van der Waals surface area contributed by atoms with Crippen molar-refractivity contribution in [3.63, 3.8) is 0 Å². The zero-order valence-electron chi connectivity index (χ0n) is 9.89. The molecule has 0 radical (unpaired) electrons. The molecule has 4 nitrogen and oxygen atoms in total. The zero-order valence-corrected chi connectivity index (χ0v) is 10.7. The van der Waals surface area contributed by atoms with Gasteiger partial charge in [0.05, 0.1) is 5.56 Å². The molecule has 20 heavy (non-hydrogen) atoms. The van der Waals surface area contributed by atoms with Crippen molar-refractivity contribution in [1.29, 1.82) is 0 Å². The molecule has 0 atom stereocenters. The molecule has 0 bridgehead atoms. The maximum Gasteiger partial charge on any atom is 0.447 e. The summed E-state index contributed by atoms with van der Waals surface area (Å²) >= 11 is -0.288. The number of carbonyl (C=O) groups excluding carboxylic acids is 1. The Morgan fingerprint density at radius 3 is 2.45 bits per heavy atom. The van der Waals surface area contributed by atoms with E-state index in [-0.39, 0.29) is 22.4 Å². The lowest BCUT2D eigenvalue weighted by Gasteiger charge is -2.06. The van der Waals surface area contributed by atoms with Crippen molar-refractivity contribution in [3.05, 3.63) is 42.4 Å². The summed E-state index contributed by atoms with van der Waals surface area (Å²) in [5.74, 6) is -0.628. The standard InChI is InChI=1S/C12H8F3N3OS/c13-12(14,15)20-10-2-1-7(6-18-10)8-3-9(11(16)19)5-17-4-8/h1-6H,(H2,16,19). The minimum absolute atomic E-state index is 0.153. The predicted molar refractivity (Wildman–Crippen MR) is 67.9 cm³/mol. The van der Waals surface area contributed by atoms with Crippen molar-refractivity contribution in [3.8, 4) is 11.1 Å². The summed E-state index contributed by atoms with van der Waals surface area (Å²) in [6, 6.07) is 4.23. The number of amides is 1. The summed E-state index contributed by atoms with van der Waals surface area (Å²) in [5.41, 5.74) is 2.08. The van der Waals surface area contributed by atoms with Crippen molar-refractivity contribution < 1.29 is 18.0 Å². The lowest BCUT2D eigenvalue weighted by Crippen LogP contribution is -2.11. The third-order valence-corrected chi connectivity index (χ3v) is 2.99. The Morgan fingerprint density at radius 1 is 1.15 bits per heavy atom. The SMILES string of the molecule is NC(=O)c1cncc(-c2ccc(SC(F)(F)F)nc2)c1. The largest absolute Gasteiger partial charge is 0.447 e. The predicted octanol–water partition coefficient (Wildman–Crippen LogP) is 2.85. The molecule has 0 aliphatic heterocycles. The number of pyridine rings is 2. The molecular formula is C12H8F3N3OS. The summed E-state index contributed by atoms with van der Waals surface area (Å²) in [5, 5.41) is -0.153. The fourth-order valence-electron chi connectivity index (χ4n) is 1.46. The number of primary amides is 1. The van der Waals surface area contributed by atoms with Gasteiger partial charge in [-0.05, 0) is 12.1 Å². The number of aromatic nitrogens is 2. The van der Waals surface area contributed by atoms with Gasteiger partial charge in [0.1, 0.15) is 5.03 Å². The Morgan fingerprint density at radius 2 is 1.90 bits per heavy atom. The van der Waals surface area contributed by atoms with Gasteiger partial charge in [0.2, 0.25) is 5.91 Å². The summed E-state index contributed by atoms with van der Waals surface area (Å²) in [4.78, 5) is 18.6. The van der Waals surface area contributed by atoms with Gasteiger partial charge in [-0.2, -0.15) is 13.2 Å². The monoisotopic (exact) mass is 299 g/mol. The molecule has 2 rings (SSSR count). The van der Waals surface area contributed by atoms with Crippen LogP contribution >= 0.6 is 11.8 Å². The molecule has 2 N–H and O–H groups in total. The molecule has 0 aliphatic rings. The summed E-state index contributed by atoms with van der Waals surface area (Å²) in [6.07, 6.45) is 4.07. The second-order valence-electron chi connectivity index (χ2n) is 3.76. The summed E-state index contributed by atoms with van der Waals surface area (Å²) in [7, 11) is 0. The van der Waals surface area contributed by atoms with Crippen LogP contribution in [-0.4, -0.2) is 21.4 Å². The van der Waals surface area contributed by atoms with E-state index in [1.807, 2.05) is 0 Å². The van der Waals surface area contributed by atoms with Gasteiger partial charge < -0.3 is 5.73 Å². The molecule has 1 amide bonds. The second kappa shape index (κ2) is 5.49. The van der Waals surface area contributed by atoms with Crippen LogP contribution in [0.15, 0.2) is 41.8 Å². The van der Waals surface area contributed by atoms with Gasteiger partial charge in [-0.3, -0.25) is 9.78 Å². The van der Waals surface area contributed by atoms with Crippen molar-refractivity contribution >= 4 is 17.7 Å². The van der Waals surface area contributed by atoms with Crippen LogP contribution in [0.3, 0.4) is 0 Å². The average Bonchev–Trinajstić information content (AvgIpc) is 2.38. The average molecular weight is 299 g/mol. The van der Waals surface area contributed by atoms with Gasteiger partial charge in [-0.1, -0.05) is 6.07 Å². The lowest BCUT2D eigenvalue weighted by molar-refractivity contribution is -0.0329. The smallest absolute Gasteiger partial charge is 0.366 e. The van der Waals surface area contributed by atoms with E-state index in [1.54, 1.807) is 0 Å². The molecule has 0 aromatic carbocycles. The normalized spacial score (nSPS) is 11.3. The highest BCUT2D eigenvalue weighted by atomic mass is 32.2. The summed E-state index contributed by atoms with van der Waals surface area (Å²) < 4.78 is 36.5. The Bertz CT molecular complexity index is 629. The maximum absolute atomic E-state index is 12.2. The quantitative estimate of drug-likeness (QED) is 0.885. The second-order valence-corrected chi connectivity index (χ2v) is 4.84. The number of carbonyl (C=O) groups is 1. The first-order chi connectivity index (χ1) is 9.35. The molecule has 0 aliphatic carbocycles. The topological polar surface area (TPSA) is 68.9 Å². The minimum atomic E-state index is -4.37. The maximum atomic E-state index is 12.2. The van der Waals surface area contributed by atoms with E-state index in [1.165, 1.54) is 36.8 Å². The Balaban J connectivity index is 2.26. The first-order valence-electron chi connectivity index (χ1n) is 5.32. The third-order valence-electron chi connectivity index (χ3n) is 2.31. The first-order valence-corrected chi connectivity index (χ1v) is 6.14. The Labute approximate surface area is 116 Å². The van der Waals surface area contributed by atoms with E-state index in [2.05, 4.69) is 9.97 Å². The highest BCUT2D eigenvalue weighted by Gasteiger charge is 2.29. The van der Waals surface area contributed by atoms with E-state index in [9.17, 15) is 18.0 Å². The molecule has 104 valence electrons. The van der Waals surface area contributed by atoms with Crippen molar-refractivity contribution in [2.45, 2.75) is 10.5 Å². The molecular weight excluding hydrogens is 291 g/mol. The summed E-state index contributed by atoms with van der Waals surface area (Å²) in [6.45, 7) is 0. The van der Waals surface area contributed by atoms with Crippen LogP contribution in [0.1, 0.15) is 10.4 Å². The van der Waals surface area contributed by atoms with Crippen molar-refractivity contribution in [2.75, 3.05) is 0 Å². The number of halogens is 3. The molecule has 0 saturated heterocycles. The van der Waals surface area contributed by atoms with Crippen LogP contribution in [0.25, 0.3) is 11.1 Å². The Kier molecular flexibility index (Phi) is 3.93. The van der Waals surface area contributed by atoms with Gasteiger partial charge in [0.15, 0.2) is 0 Å². The van der Waals surface area contributed by atoms with Crippen LogP contribution in [0.5, 0.6) is 0 Å². The number of nitrogens with two attached hydrogens (primary N) is 1. The van der Waals surface area contributed by atoms with Gasteiger partial charge in [0, 0.05) is 41.5 Å². The molecule has 0 unspecified atom stereocenters. The number of thioether (sulfide) groups is 1. The number of nitrogens with zero attached hydrogens (tertiary/aromatic N) is 2. The van der Waals surface area contributed by atoms with Crippen LogP contribution in [-0.2, 0) is 0 Å². The molecule has 0 fully saturated rings. The van der Waals surface area contributed by atoms with Gasteiger partial charge >= 0.3 is 5.51 Å². The van der Waals surface area contributed by atoms with Gasteiger partial charge in [0.25, 0.3) is 0 Å². The van der Waals surface area contributed by atoms with E-state index >= 15 is 0 Å². The lowest BCUT2D eigenvalue weighted by atomic mass is 10.1. The fraction of sp³-hybridized carbons (Fsp3) is 0.0833. The van der Waals surface area contributed by atoms with Crippen LogP contribution in [0.4, 0.5) is 13.2 Å². The molecule has 2 heterocycles. The number of hydrogen-bond acceptors (Lipinski definition) is 4. The van der Waals surface area contributed by atoms with Gasteiger partial charge in [-0.15, -0.1) is 0 Å². The number of rotatable bonds is 3. The van der Waals surface area contributed by atoms with E-state index < -0.39 is 11.4 Å². The molecule has 2 aromatic heterocycles. The Hall–Kier alpha value is -2.09. The van der Waals surface area contributed by atoms with Crippen LogP contribution < -0.4 is 5.73 Å². The highest BCUT2D eigenvalue weighted by Crippen LogP contribution is 2.36.